The molecule has 0 aromatic carbocycles. The van der Waals surface area contributed by atoms with E-state index in [0.29, 0.717) is 6.42 Å². The molecule has 62 valence electrons. The highest BCUT2D eigenvalue weighted by molar-refractivity contribution is 5.56. The third kappa shape index (κ3) is 9.16. The largest absolute Gasteiger partial charge is 0.298 e. The summed E-state index contributed by atoms with van der Waals surface area (Å²) in [5.74, 6) is 0. The number of nitriles is 1. The molecule has 0 aliphatic rings. The van der Waals surface area contributed by atoms with Gasteiger partial charge in [0.1, 0.15) is 0 Å². The lowest BCUT2D eigenvalue weighted by Gasteiger charge is -1.89. The monoisotopic (exact) mass is 152 g/mol. The van der Waals surface area contributed by atoms with Gasteiger partial charge >= 0.3 is 0 Å². The van der Waals surface area contributed by atoms with Crippen molar-refractivity contribution in [2.75, 3.05) is 6.54 Å². The van der Waals surface area contributed by atoms with Gasteiger partial charge in [-0.15, -0.1) is 0 Å². The average Bonchev–Trinajstić information content (AvgIpc) is 2.03. The highest BCUT2D eigenvalue weighted by Gasteiger charge is 1.81. The number of hydrogen-bond acceptors (Lipinski definition) is 2. The van der Waals surface area contributed by atoms with Crippen LogP contribution >= 0.6 is 0 Å². The van der Waals surface area contributed by atoms with Crippen LogP contribution in [0.3, 0.4) is 0 Å². The van der Waals surface area contributed by atoms with Crippen molar-refractivity contribution in [1.82, 2.24) is 0 Å². The topological polar surface area (TPSA) is 36.1 Å². The average molecular weight is 152 g/mol. The molecule has 0 N–H and O–H groups in total. The van der Waals surface area contributed by atoms with Crippen LogP contribution in [0.5, 0.6) is 0 Å². The van der Waals surface area contributed by atoms with Gasteiger partial charge in [-0.2, -0.15) is 5.26 Å². The third-order valence-electron chi connectivity index (χ3n) is 1.39. The van der Waals surface area contributed by atoms with E-state index in [4.69, 9.17) is 5.26 Å². The Kier molecular flexibility index (Phi) is 8.46. The van der Waals surface area contributed by atoms with E-state index < -0.39 is 0 Å². The van der Waals surface area contributed by atoms with E-state index in [9.17, 15) is 0 Å². The lowest BCUT2D eigenvalue weighted by Crippen LogP contribution is -1.81. The van der Waals surface area contributed by atoms with Gasteiger partial charge in [0, 0.05) is 13.0 Å². The van der Waals surface area contributed by atoms with E-state index in [0.717, 1.165) is 19.4 Å². The van der Waals surface area contributed by atoms with Crippen LogP contribution in [0.25, 0.3) is 0 Å². The third-order valence-corrected chi connectivity index (χ3v) is 1.39. The molecule has 0 saturated carbocycles. The Hall–Kier alpha value is -0.840. The summed E-state index contributed by atoms with van der Waals surface area (Å²) in [7, 11) is 0. The summed E-state index contributed by atoms with van der Waals surface area (Å²) in [5, 5.41) is 8.21. The van der Waals surface area contributed by atoms with Gasteiger partial charge in [-0.05, 0) is 25.5 Å². The zero-order valence-electron chi connectivity index (χ0n) is 7.21. The highest BCUT2D eigenvalue weighted by atomic mass is 14.7. The Labute approximate surface area is 68.9 Å². The van der Waals surface area contributed by atoms with Crippen molar-refractivity contribution in [2.24, 2.45) is 4.99 Å². The highest BCUT2D eigenvalue weighted by Crippen LogP contribution is 1.91. The van der Waals surface area contributed by atoms with E-state index in [-0.39, 0.29) is 0 Å². The SMILES string of the molecule is CCCC/N=C\CCCC#N. The summed E-state index contributed by atoms with van der Waals surface area (Å²) in [5.41, 5.74) is 0. The maximum absolute atomic E-state index is 8.21. The molecule has 0 spiro atoms. The fraction of sp³-hybridized carbons (Fsp3) is 0.778. The Balaban J connectivity index is 2.98. The molecule has 0 aliphatic carbocycles. The van der Waals surface area contributed by atoms with Crippen molar-refractivity contribution in [2.45, 2.75) is 39.0 Å². The van der Waals surface area contributed by atoms with Crippen LogP contribution in [0.1, 0.15) is 39.0 Å². The fourth-order valence-corrected chi connectivity index (χ4v) is 0.704. The van der Waals surface area contributed by atoms with Gasteiger partial charge in [-0.3, -0.25) is 4.99 Å². The number of nitrogens with zero attached hydrogens (tertiary/aromatic N) is 2. The Morgan fingerprint density at radius 1 is 1.45 bits per heavy atom. The van der Waals surface area contributed by atoms with Crippen molar-refractivity contribution < 1.29 is 0 Å². The first-order valence-electron chi connectivity index (χ1n) is 4.27. The molecule has 0 heterocycles. The van der Waals surface area contributed by atoms with Crippen LogP contribution in [-0.2, 0) is 0 Å². The molecule has 0 aliphatic heterocycles. The van der Waals surface area contributed by atoms with Crippen LogP contribution in [0.2, 0.25) is 0 Å². The summed E-state index contributed by atoms with van der Waals surface area (Å²) in [6, 6.07) is 2.11. The molecule has 0 aromatic rings. The molecule has 0 fully saturated rings. The van der Waals surface area contributed by atoms with E-state index in [1.165, 1.54) is 12.8 Å². The van der Waals surface area contributed by atoms with E-state index in [1.807, 2.05) is 6.21 Å². The second kappa shape index (κ2) is 9.16. The van der Waals surface area contributed by atoms with Crippen molar-refractivity contribution in [1.29, 1.82) is 5.26 Å². The Morgan fingerprint density at radius 2 is 2.27 bits per heavy atom. The molecular weight excluding hydrogens is 136 g/mol. The first-order valence-corrected chi connectivity index (χ1v) is 4.27. The van der Waals surface area contributed by atoms with Crippen molar-refractivity contribution >= 4 is 6.21 Å². The fourth-order valence-electron chi connectivity index (χ4n) is 0.704. The van der Waals surface area contributed by atoms with Gasteiger partial charge in [0.15, 0.2) is 0 Å². The van der Waals surface area contributed by atoms with Gasteiger partial charge < -0.3 is 0 Å². The number of rotatable bonds is 6. The minimum Gasteiger partial charge on any atom is -0.298 e. The van der Waals surface area contributed by atoms with Gasteiger partial charge in [-0.25, -0.2) is 0 Å². The quantitative estimate of drug-likeness (QED) is 0.425. The lowest BCUT2D eigenvalue weighted by atomic mass is 10.3. The molecule has 0 rings (SSSR count). The minimum atomic E-state index is 0.653. The van der Waals surface area contributed by atoms with Gasteiger partial charge in [0.25, 0.3) is 0 Å². The molecule has 2 heteroatoms. The standard InChI is InChI=1S/C9H16N2/c1-2-3-8-11-9-6-4-5-7-10/h9H,2-6,8H2,1H3/b11-9-. The van der Waals surface area contributed by atoms with Crippen LogP contribution < -0.4 is 0 Å². The number of aliphatic imine (C=N–C) groups is 1. The molecule has 0 aromatic heterocycles. The lowest BCUT2D eigenvalue weighted by molar-refractivity contribution is 0.805. The molecular formula is C9H16N2. The molecule has 0 bridgehead atoms. The summed E-state index contributed by atoms with van der Waals surface area (Å²) in [4.78, 5) is 4.20. The predicted octanol–water partition coefficient (Wildman–Crippen LogP) is 2.55. The maximum atomic E-state index is 8.21. The first-order chi connectivity index (χ1) is 5.41. The Bertz CT molecular complexity index is 133. The van der Waals surface area contributed by atoms with Crippen molar-refractivity contribution in [3.63, 3.8) is 0 Å². The molecule has 0 unspecified atom stereocenters. The molecule has 0 atom stereocenters. The molecule has 0 saturated heterocycles. The van der Waals surface area contributed by atoms with E-state index in [1.54, 1.807) is 0 Å². The second-order valence-corrected chi connectivity index (χ2v) is 2.49. The Morgan fingerprint density at radius 3 is 2.91 bits per heavy atom. The zero-order valence-corrected chi connectivity index (χ0v) is 7.21. The van der Waals surface area contributed by atoms with Gasteiger partial charge in [0.05, 0.1) is 6.07 Å². The maximum Gasteiger partial charge on any atom is 0.0621 e. The zero-order chi connectivity index (χ0) is 8.36. The number of hydrogen-bond donors (Lipinski definition) is 0. The van der Waals surface area contributed by atoms with Crippen LogP contribution in [0.4, 0.5) is 0 Å². The van der Waals surface area contributed by atoms with Gasteiger partial charge in [-0.1, -0.05) is 13.3 Å². The normalized spacial score (nSPS) is 10.2. The summed E-state index contributed by atoms with van der Waals surface area (Å²) in [6.45, 7) is 3.11. The summed E-state index contributed by atoms with van der Waals surface area (Å²) < 4.78 is 0. The predicted molar refractivity (Wildman–Crippen MR) is 47.7 cm³/mol. The number of unbranched alkanes of at least 4 members (excludes halogenated alkanes) is 3. The van der Waals surface area contributed by atoms with Crippen LogP contribution in [0.15, 0.2) is 4.99 Å². The van der Waals surface area contributed by atoms with Crippen LogP contribution in [0, 0.1) is 11.3 Å². The molecule has 11 heavy (non-hydrogen) atoms. The molecule has 0 radical (unpaired) electrons. The van der Waals surface area contributed by atoms with Crippen molar-refractivity contribution in [3.8, 4) is 6.07 Å². The first kappa shape index (κ1) is 10.2. The summed E-state index contributed by atoms with van der Waals surface area (Å²) in [6.07, 6.45) is 6.88. The second-order valence-electron chi connectivity index (χ2n) is 2.49. The van der Waals surface area contributed by atoms with Crippen molar-refractivity contribution in [3.05, 3.63) is 0 Å². The minimum absolute atomic E-state index is 0.653. The van der Waals surface area contributed by atoms with E-state index >= 15 is 0 Å². The smallest absolute Gasteiger partial charge is 0.0621 e. The summed E-state index contributed by atoms with van der Waals surface area (Å²) >= 11 is 0. The van der Waals surface area contributed by atoms with E-state index in [2.05, 4.69) is 18.0 Å². The molecule has 0 amide bonds. The van der Waals surface area contributed by atoms with Crippen LogP contribution in [-0.4, -0.2) is 12.8 Å². The van der Waals surface area contributed by atoms with Gasteiger partial charge in [0.2, 0.25) is 0 Å². The molecule has 2 nitrogen and oxygen atoms in total.